The Kier molecular flexibility index (Phi) is 5.06. The molecule has 0 aliphatic heterocycles. The lowest BCUT2D eigenvalue weighted by Gasteiger charge is -2.31. The summed E-state index contributed by atoms with van der Waals surface area (Å²) in [5.41, 5.74) is 1.30. The van der Waals surface area contributed by atoms with Crippen LogP contribution in [0.4, 0.5) is 0 Å². The molecule has 1 aliphatic rings. The molecule has 0 radical (unpaired) electrons. The van der Waals surface area contributed by atoms with Crippen LogP contribution in [-0.2, 0) is 6.42 Å². The van der Waals surface area contributed by atoms with Crippen LogP contribution in [-0.4, -0.2) is 17.7 Å². The topological polar surface area (TPSA) is 32.3 Å². The Morgan fingerprint density at radius 2 is 1.89 bits per heavy atom. The van der Waals surface area contributed by atoms with E-state index in [1.54, 1.807) is 12.1 Å². The highest BCUT2D eigenvalue weighted by molar-refractivity contribution is 5.25. The molecule has 2 nitrogen and oxygen atoms in total. The maximum absolute atomic E-state index is 9.24. The maximum atomic E-state index is 9.24. The molecule has 2 heteroatoms. The van der Waals surface area contributed by atoms with E-state index >= 15 is 0 Å². The first-order valence-electron chi connectivity index (χ1n) is 7.31. The molecule has 0 amide bonds. The van der Waals surface area contributed by atoms with Gasteiger partial charge in [0.15, 0.2) is 0 Å². The summed E-state index contributed by atoms with van der Waals surface area (Å²) in [6.07, 6.45) is 7.88. The minimum absolute atomic E-state index is 0.352. The molecule has 0 spiro atoms. The molecule has 0 aromatic heterocycles. The van der Waals surface area contributed by atoms with Crippen molar-refractivity contribution < 1.29 is 5.11 Å². The fourth-order valence-corrected chi connectivity index (χ4v) is 3.03. The first kappa shape index (κ1) is 13.4. The Morgan fingerprint density at radius 3 is 2.61 bits per heavy atom. The van der Waals surface area contributed by atoms with Crippen LogP contribution in [0.5, 0.6) is 5.75 Å². The van der Waals surface area contributed by atoms with Crippen LogP contribution in [0.15, 0.2) is 24.3 Å². The number of rotatable bonds is 5. The standard InChI is InChI=1S/C16H25NO/c1-2-14-5-3-4-6-16(14)17-12-11-13-7-9-15(18)10-8-13/h7-10,14,16-18H,2-6,11-12H2,1H3. The number of phenolic OH excluding ortho intramolecular Hbond substituents is 1. The lowest BCUT2D eigenvalue weighted by molar-refractivity contribution is 0.257. The Bertz CT molecular complexity index is 347. The van der Waals surface area contributed by atoms with Crippen molar-refractivity contribution in [2.45, 2.75) is 51.5 Å². The van der Waals surface area contributed by atoms with E-state index < -0.39 is 0 Å². The highest BCUT2D eigenvalue weighted by Gasteiger charge is 2.22. The lowest BCUT2D eigenvalue weighted by Crippen LogP contribution is -2.39. The van der Waals surface area contributed by atoms with Gasteiger partial charge in [-0.25, -0.2) is 0 Å². The van der Waals surface area contributed by atoms with Gasteiger partial charge in [-0.2, -0.15) is 0 Å². The third-order valence-electron chi connectivity index (χ3n) is 4.19. The predicted octanol–water partition coefficient (Wildman–Crippen LogP) is 3.49. The van der Waals surface area contributed by atoms with Crippen molar-refractivity contribution in [3.8, 4) is 5.75 Å². The molecule has 1 saturated carbocycles. The Morgan fingerprint density at radius 1 is 1.17 bits per heavy atom. The highest BCUT2D eigenvalue weighted by Crippen LogP contribution is 2.26. The second-order valence-corrected chi connectivity index (χ2v) is 5.43. The summed E-state index contributed by atoms with van der Waals surface area (Å²) in [5, 5.41) is 13.0. The van der Waals surface area contributed by atoms with Crippen molar-refractivity contribution in [2.24, 2.45) is 5.92 Å². The third-order valence-corrected chi connectivity index (χ3v) is 4.19. The fourth-order valence-electron chi connectivity index (χ4n) is 3.03. The van der Waals surface area contributed by atoms with Crippen LogP contribution in [0.1, 0.15) is 44.6 Å². The minimum atomic E-state index is 0.352. The fraction of sp³-hybridized carbons (Fsp3) is 0.625. The summed E-state index contributed by atoms with van der Waals surface area (Å²) >= 11 is 0. The average molecular weight is 247 g/mol. The van der Waals surface area contributed by atoms with E-state index in [0.717, 1.165) is 24.9 Å². The molecule has 1 fully saturated rings. The van der Waals surface area contributed by atoms with Crippen molar-refractivity contribution in [1.29, 1.82) is 0 Å². The van der Waals surface area contributed by atoms with Crippen molar-refractivity contribution in [2.75, 3.05) is 6.54 Å². The normalized spacial score (nSPS) is 24.1. The summed E-state index contributed by atoms with van der Waals surface area (Å²) in [7, 11) is 0. The molecule has 2 atom stereocenters. The van der Waals surface area contributed by atoms with Crippen molar-refractivity contribution in [1.82, 2.24) is 5.32 Å². The van der Waals surface area contributed by atoms with Gasteiger partial charge in [-0.1, -0.05) is 38.3 Å². The van der Waals surface area contributed by atoms with Gasteiger partial charge in [-0.05, 0) is 49.4 Å². The van der Waals surface area contributed by atoms with Gasteiger partial charge in [0.05, 0.1) is 0 Å². The Labute approximate surface area is 110 Å². The molecule has 0 bridgehead atoms. The smallest absolute Gasteiger partial charge is 0.115 e. The number of nitrogens with one attached hydrogen (secondary N) is 1. The summed E-state index contributed by atoms with van der Waals surface area (Å²) in [5.74, 6) is 1.23. The van der Waals surface area contributed by atoms with E-state index in [4.69, 9.17) is 0 Å². The van der Waals surface area contributed by atoms with Crippen LogP contribution in [0, 0.1) is 5.92 Å². The van der Waals surface area contributed by atoms with E-state index in [9.17, 15) is 5.11 Å². The molecule has 1 aliphatic carbocycles. The highest BCUT2D eigenvalue weighted by atomic mass is 16.3. The third kappa shape index (κ3) is 3.74. The van der Waals surface area contributed by atoms with Gasteiger partial charge in [0, 0.05) is 6.04 Å². The summed E-state index contributed by atoms with van der Waals surface area (Å²) in [4.78, 5) is 0. The average Bonchev–Trinajstić information content (AvgIpc) is 2.41. The van der Waals surface area contributed by atoms with Gasteiger partial charge in [-0.15, -0.1) is 0 Å². The Hall–Kier alpha value is -1.02. The first-order valence-corrected chi connectivity index (χ1v) is 7.31. The zero-order valence-electron chi connectivity index (χ0n) is 11.4. The van der Waals surface area contributed by atoms with E-state index in [-0.39, 0.29) is 0 Å². The number of phenols is 1. The van der Waals surface area contributed by atoms with Crippen molar-refractivity contribution >= 4 is 0 Å². The van der Waals surface area contributed by atoms with E-state index in [0.29, 0.717) is 5.75 Å². The van der Waals surface area contributed by atoms with Crippen LogP contribution >= 0.6 is 0 Å². The minimum Gasteiger partial charge on any atom is -0.508 e. The molecular formula is C16H25NO. The number of hydrogen-bond acceptors (Lipinski definition) is 2. The molecule has 1 aromatic carbocycles. The summed E-state index contributed by atoms with van der Waals surface area (Å²) in [6.45, 7) is 3.36. The molecular weight excluding hydrogens is 222 g/mol. The van der Waals surface area contributed by atoms with E-state index in [1.165, 1.54) is 37.7 Å². The van der Waals surface area contributed by atoms with Gasteiger partial charge in [0.2, 0.25) is 0 Å². The van der Waals surface area contributed by atoms with E-state index in [2.05, 4.69) is 12.2 Å². The van der Waals surface area contributed by atoms with Gasteiger partial charge < -0.3 is 10.4 Å². The van der Waals surface area contributed by atoms with Crippen molar-refractivity contribution in [3.63, 3.8) is 0 Å². The molecule has 100 valence electrons. The van der Waals surface area contributed by atoms with E-state index in [1.807, 2.05) is 12.1 Å². The lowest BCUT2D eigenvalue weighted by atomic mass is 9.83. The zero-order valence-corrected chi connectivity index (χ0v) is 11.4. The quantitative estimate of drug-likeness (QED) is 0.834. The van der Waals surface area contributed by atoms with Crippen LogP contribution < -0.4 is 5.32 Å². The summed E-state index contributed by atoms with van der Waals surface area (Å²) < 4.78 is 0. The zero-order chi connectivity index (χ0) is 12.8. The number of hydrogen-bond donors (Lipinski definition) is 2. The second kappa shape index (κ2) is 6.79. The molecule has 2 rings (SSSR count). The SMILES string of the molecule is CCC1CCCCC1NCCc1ccc(O)cc1. The van der Waals surface area contributed by atoms with Crippen LogP contribution in [0.2, 0.25) is 0 Å². The maximum Gasteiger partial charge on any atom is 0.115 e. The van der Waals surface area contributed by atoms with Gasteiger partial charge in [0.1, 0.15) is 5.75 Å². The molecule has 2 N–H and O–H groups in total. The monoisotopic (exact) mass is 247 g/mol. The molecule has 18 heavy (non-hydrogen) atoms. The van der Waals surface area contributed by atoms with Gasteiger partial charge in [-0.3, -0.25) is 0 Å². The number of benzene rings is 1. The second-order valence-electron chi connectivity index (χ2n) is 5.43. The molecule has 1 aromatic rings. The predicted molar refractivity (Wildman–Crippen MR) is 75.9 cm³/mol. The van der Waals surface area contributed by atoms with Crippen LogP contribution in [0.25, 0.3) is 0 Å². The molecule has 0 saturated heterocycles. The first-order chi connectivity index (χ1) is 8.79. The van der Waals surface area contributed by atoms with Gasteiger partial charge in [0.25, 0.3) is 0 Å². The summed E-state index contributed by atoms with van der Waals surface area (Å²) in [6, 6.07) is 8.28. The van der Waals surface area contributed by atoms with Crippen molar-refractivity contribution in [3.05, 3.63) is 29.8 Å². The molecule has 2 unspecified atom stereocenters. The largest absolute Gasteiger partial charge is 0.508 e. The molecule has 0 heterocycles. The van der Waals surface area contributed by atoms with Crippen LogP contribution in [0.3, 0.4) is 0 Å². The Balaban J connectivity index is 1.75. The van der Waals surface area contributed by atoms with Gasteiger partial charge >= 0.3 is 0 Å². The number of aromatic hydroxyl groups is 1.